The minimum Gasteiger partial charge on any atom is -0.493 e. The SMILES string of the molecule is COc1ccc(CC(C)CNC(=O)[C@@H](N)C(C)C)cc1OC. The van der Waals surface area contributed by atoms with Crippen LogP contribution in [0.1, 0.15) is 26.3 Å². The van der Waals surface area contributed by atoms with Crippen LogP contribution in [-0.2, 0) is 11.2 Å². The summed E-state index contributed by atoms with van der Waals surface area (Å²) in [6.07, 6.45) is 0.845. The molecule has 3 N–H and O–H groups in total. The quantitative estimate of drug-likeness (QED) is 0.770. The van der Waals surface area contributed by atoms with E-state index in [1.165, 1.54) is 0 Å². The molecule has 0 aliphatic rings. The maximum absolute atomic E-state index is 11.9. The summed E-state index contributed by atoms with van der Waals surface area (Å²) in [5.74, 6) is 1.80. The monoisotopic (exact) mass is 308 g/mol. The molecule has 0 fully saturated rings. The Morgan fingerprint density at radius 3 is 2.36 bits per heavy atom. The van der Waals surface area contributed by atoms with E-state index in [2.05, 4.69) is 12.2 Å². The van der Waals surface area contributed by atoms with E-state index in [0.717, 1.165) is 23.5 Å². The van der Waals surface area contributed by atoms with Crippen molar-refractivity contribution < 1.29 is 14.3 Å². The highest BCUT2D eigenvalue weighted by molar-refractivity contribution is 5.81. The van der Waals surface area contributed by atoms with Gasteiger partial charge in [-0.25, -0.2) is 0 Å². The Kier molecular flexibility index (Phi) is 7.18. The van der Waals surface area contributed by atoms with E-state index in [0.29, 0.717) is 12.5 Å². The zero-order chi connectivity index (χ0) is 16.7. The van der Waals surface area contributed by atoms with Gasteiger partial charge in [0.1, 0.15) is 0 Å². The standard InChI is InChI=1S/C17H28N2O3/c1-11(2)16(18)17(20)19-10-12(3)8-13-6-7-14(21-4)15(9-13)22-5/h6-7,9,11-12,16H,8,10,18H2,1-5H3,(H,19,20)/t12?,16-/m0/s1. The van der Waals surface area contributed by atoms with Crippen LogP contribution in [0.5, 0.6) is 11.5 Å². The van der Waals surface area contributed by atoms with E-state index in [1.54, 1.807) is 14.2 Å². The van der Waals surface area contributed by atoms with Gasteiger partial charge in [0.15, 0.2) is 11.5 Å². The number of carbonyl (C=O) groups excluding carboxylic acids is 1. The number of carbonyl (C=O) groups is 1. The van der Waals surface area contributed by atoms with Crippen molar-refractivity contribution in [2.24, 2.45) is 17.6 Å². The zero-order valence-electron chi connectivity index (χ0n) is 14.2. The number of methoxy groups -OCH3 is 2. The number of nitrogens with one attached hydrogen (secondary N) is 1. The summed E-state index contributed by atoms with van der Waals surface area (Å²) in [7, 11) is 3.24. The molecule has 0 saturated heterocycles. The van der Waals surface area contributed by atoms with Crippen LogP contribution in [0, 0.1) is 11.8 Å². The molecule has 0 aromatic heterocycles. The first-order valence-corrected chi connectivity index (χ1v) is 7.63. The first-order valence-electron chi connectivity index (χ1n) is 7.63. The van der Waals surface area contributed by atoms with Crippen molar-refractivity contribution in [3.05, 3.63) is 23.8 Å². The summed E-state index contributed by atoms with van der Waals surface area (Å²) in [5, 5.41) is 2.92. The lowest BCUT2D eigenvalue weighted by Crippen LogP contribution is -2.45. The fraction of sp³-hybridized carbons (Fsp3) is 0.588. The second kappa shape index (κ2) is 8.63. The van der Waals surface area contributed by atoms with Crippen LogP contribution in [0.4, 0.5) is 0 Å². The molecule has 2 atom stereocenters. The van der Waals surface area contributed by atoms with E-state index in [-0.39, 0.29) is 11.8 Å². The summed E-state index contributed by atoms with van der Waals surface area (Å²) >= 11 is 0. The predicted octanol–water partition coefficient (Wildman–Crippen LogP) is 1.98. The highest BCUT2D eigenvalue weighted by Crippen LogP contribution is 2.28. The fourth-order valence-corrected chi connectivity index (χ4v) is 2.18. The molecule has 1 unspecified atom stereocenters. The molecule has 0 heterocycles. The van der Waals surface area contributed by atoms with Crippen LogP contribution in [-0.4, -0.2) is 32.7 Å². The minimum atomic E-state index is -0.451. The fourth-order valence-electron chi connectivity index (χ4n) is 2.18. The average molecular weight is 308 g/mol. The third-order valence-electron chi connectivity index (χ3n) is 3.68. The average Bonchev–Trinajstić information content (AvgIpc) is 2.51. The maximum Gasteiger partial charge on any atom is 0.237 e. The Morgan fingerprint density at radius 2 is 1.82 bits per heavy atom. The number of rotatable bonds is 8. The molecule has 5 nitrogen and oxygen atoms in total. The molecule has 0 aliphatic carbocycles. The van der Waals surface area contributed by atoms with Gasteiger partial charge in [-0.05, 0) is 36.0 Å². The molecule has 0 saturated carbocycles. The zero-order valence-corrected chi connectivity index (χ0v) is 14.2. The lowest BCUT2D eigenvalue weighted by molar-refractivity contribution is -0.123. The van der Waals surface area contributed by atoms with Crippen molar-refractivity contribution in [2.75, 3.05) is 20.8 Å². The lowest BCUT2D eigenvalue weighted by Gasteiger charge is -2.18. The molecule has 0 bridgehead atoms. The molecule has 0 radical (unpaired) electrons. The van der Waals surface area contributed by atoms with Crippen LogP contribution < -0.4 is 20.5 Å². The van der Waals surface area contributed by atoms with Gasteiger partial charge in [0, 0.05) is 6.54 Å². The molecule has 1 amide bonds. The van der Waals surface area contributed by atoms with Gasteiger partial charge in [-0.15, -0.1) is 0 Å². The highest BCUT2D eigenvalue weighted by Gasteiger charge is 2.17. The molecule has 124 valence electrons. The molecule has 0 spiro atoms. The van der Waals surface area contributed by atoms with E-state index in [4.69, 9.17) is 15.2 Å². The van der Waals surface area contributed by atoms with Gasteiger partial charge in [-0.1, -0.05) is 26.8 Å². The maximum atomic E-state index is 11.9. The highest BCUT2D eigenvalue weighted by atomic mass is 16.5. The Bertz CT molecular complexity index is 489. The number of hydrogen-bond donors (Lipinski definition) is 2. The van der Waals surface area contributed by atoms with Gasteiger partial charge < -0.3 is 20.5 Å². The topological polar surface area (TPSA) is 73.6 Å². The minimum absolute atomic E-state index is 0.0887. The van der Waals surface area contributed by atoms with Crippen molar-refractivity contribution in [3.63, 3.8) is 0 Å². The lowest BCUT2D eigenvalue weighted by atomic mass is 10.00. The second-order valence-corrected chi connectivity index (χ2v) is 6.01. The van der Waals surface area contributed by atoms with E-state index in [9.17, 15) is 4.79 Å². The van der Waals surface area contributed by atoms with Crippen LogP contribution in [0.3, 0.4) is 0 Å². The van der Waals surface area contributed by atoms with E-state index < -0.39 is 6.04 Å². The van der Waals surface area contributed by atoms with Crippen molar-refractivity contribution in [1.82, 2.24) is 5.32 Å². The van der Waals surface area contributed by atoms with Crippen LogP contribution in [0.15, 0.2) is 18.2 Å². The smallest absolute Gasteiger partial charge is 0.237 e. The Balaban J connectivity index is 2.55. The molecule has 1 rings (SSSR count). The van der Waals surface area contributed by atoms with Crippen LogP contribution >= 0.6 is 0 Å². The second-order valence-electron chi connectivity index (χ2n) is 6.01. The van der Waals surface area contributed by atoms with E-state index in [1.807, 2.05) is 32.0 Å². The first-order chi connectivity index (χ1) is 10.4. The van der Waals surface area contributed by atoms with Gasteiger partial charge in [-0.2, -0.15) is 0 Å². The summed E-state index contributed by atoms with van der Waals surface area (Å²) < 4.78 is 10.5. The Morgan fingerprint density at radius 1 is 1.18 bits per heavy atom. The normalized spacial score (nSPS) is 13.6. The molecule has 5 heteroatoms. The molecule has 0 aliphatic heterocycles. The first kappa shape index (κ1) is 18.3. The molecule has 1 aromatic carbocycles. The Labute approximate surface area is 133 Å². The van der Waals surface area contributed by atoms with E-state index >= 15 is 0 Å². The summed E-state index contributed by atoms with van der Waals surface area (Å²) in [4.78, 5) is 11.9. The van der Waals surface area contributed by atoms with Crippen molar-refractivity contribution in [2.45, 2.75) is 33.2 Å². The van der Waals surface area contributed by atoms with Crippen LogP contribution in [0.2, 0.25) is 0 Å². The van der Waals surface area contributed by atoms with Gasteiger partial charge >= 0.3 is 0 Å². The summed E-state index contributed by atoms with van der Waals surface area (Å²) in [6, 6.07) is 5.43. The van der Waals surface area contributed by atoms with Gasteiger partial charge in [0.2, 0.25) is 5.91 Å². The number of benzene rings is 1. The largest absolute Gasteiger partial charge is 0.493 e. The van der Waals surface area contributed by atoms with Gasteiger partial charge in [0.05, 0.1) is 20.3 Å². The summed E-state index contributed by atoms with van der Waals surface area (Å²) in [5.41, 5.74) is 6.97. The molecular weight excluding hydrogens is 280 g/mol. The number of nitrogens with two attached hydrogens (primary N) is 1. The molecule has 1 aromatic rings. The van der Waals surface area contributed by atoms with Crippen molar-refractivity contribution in [3.8, 4) is 11.5 Å². The predicted molar refractivity (Wildman–Crippen MR) is 88.2 cm³/mol. The van der Waals surface area contributed by atoms with Crippen molar-refractivity contribution >= 4 is 5.91 Å². The van der Waals surface area contributed by atoms with Crippen molar-refractivity contribution in [1.29, 1.82) is 0 Å². The third-order valence-corrected chi connectivity index (χ3v) is 3.68. The number of hydrogen-bond acceptors (Lipinski definition) is 4. The van der Waals surface area contributed by atoms with Crippen LogP contribution in [0.25, 0.3) is 0 Å². The summed E-state index contributed by atoms with van der Waals surface area (Å²) in [6.45, 7) is 6.58. The van der Waals surface area contributed by atoms with Gasteiger partial charge in [0.25, 0.3) is 0 Å². The Hall–Kier alpha value is -1.75. The number of ether oxygens (including phenoxy) is 2. The molecule has 22 heavy (non-hydrogen) atoms. The molecular formula is C17H28N2O3. The third kappa shape index (κ3) is 5.22. The number of amides is 1. The van der Waals surface area contributed by atoms with Gasteiger partial charge in [-0.3, -0.25) is 4.79 Å².